The molecule has 1 aromatic carbocycles. The maximum atomic E-state index is 5.80. The van der Waals surface area contributed by atoms with Crippen LogP contribution in [0.15, 0.2) is 47.0 Å². The van der Waals surface area contributed by atoms with Crippen molar-refractivity contribution in [3.05, 3.63) is 53.9 Å². The molecule has 3 rings (SSSR count). The third-order valence-electron chi connectivity index (χ3n) is 2.96. The Labute approximate surface area is 117 Å². The molecule has 0 saturated heterocycles. The van der Waals surface area contributed by atoms with Crippen molar-refractivity contribution >= 4 is 17.0 Å². The van der Waals surface area contributed by atoms with Crippen LogP contribution >= 0.6 is 0 Å². The first kappa shape index (κ1) is 12.7. The topological polar surface area (TPSA) is 51.0 Å². The van der Waals surface area contributed by atoms with E-state index in [1.807, 2.05) is 24.3 Å². The Morgan fingerprint density at radius 2 is 2.00 bits per heavy atom. The zero-order valence-electron chi connectivity index (χ0n) is 11.6. The van der Waals surface area contributed by atoms with Crippen molar-refractivity contribution in [2.24, 2.45) is 0 Å². The minimum atomic E-state index is 0.297. The Hall–Kier alpha value is -2.36. The molecule has 4 nitrogen and oxygen atoms in total. The van der Waals surface area contributed by atoms with Gasteiger partial charge in [0.15, 0.2) is 0 Å². The zero-order valence-corrected chi connectivity index (χ0v) is 11.6. The van der Waals surface area contributed by atoms with Crippen LogP contribution in [0.5, 0.6) is 0 Å². The van der Waals surface area contributed by atoms with Crippen LogP contribution < -0.4 is 5.32 Å². The Bertz CT molecular complexity index is 704. The van der Waals surface area contributed by atoms with Crippen molar-refractivity contribution in [3.63, 3.8) is 0 Å². The molecule has 0 spiro atoms. The van der Waals surface area contributed by atoms with E-state index in [2.05, 4.69) is 41.3 Å². The number of benzene rings is 1. The monoisotopic (exact) mass is 267 g/mol. The molecule has 0 radical (unpaired) electrons. The van der Waals surface area contributed by atoms with E-state index < -0.39 is 0 Å². The van der Waals surface area contributed by atoms with Crippen LogP contribution in [-0.2, 0) is 6.42 Å². The maximum absolute atomic E-state index is 5.80. The number of aromatic nitrogens is 2. The summed E-state index contributed by atoms with van der Waals surface area (Å²) in [5, 5.41) is 4.11. The van der Waals surface area contributed by atoms with Gasteiger partial charge in [0.1, 0.15) is 5.76 Å². The largest absolute Gasteiger partial charge is 0.442 e. The van der Waals surface area contributed by atoms with Crippen molar-refractivity contribution < 1.29 is 4.42 Å². The van der Waals surface area contributed by atoms with E-state index in [0.717, 1.165) is 17.6 Å². The van der Waals surface area contributed by atoms with Gasteiger partial charge in [0.05, 0.1) is 5.39 Å². The Kier molecular flexibility index (Phi) is 3.37. The second-order valence-corrected chi connectivity index (χ2v) is 5.13. The molecular weight excluding hydrogens is 250 g/mol. The van der Waals surface area contributed by atoms with E-state index in [4.69, 9.17) is 4.42 Å². The fraction of sp³-hybridized carbons (Fsp3) is 0.250. The minimum Gasteiger partial charge on any atom is -0.442 e. The van der Waals surface area contributed by atoms with Crippen molar-refractivity contribution in [3.8, 4) is 0 Å². The highest BCUT2D eigenvalue weighted by molar-refractivity contribution is 5.74. The van der Waals surface area contributed by atoms with Crippen molar-refractivity contribution in [1.29, 1.82) is 0 Å². The lowest BCUT2D eigenvalue weighted by atomic mass is 10.1. The van der Waals surface area contributed by atoms with E-state index in [-0.39, 0.29) is 0 Å². The van der Waals surface area contributed by atoms with Crippen LogP contribution in [-0.4, -0.2) is 16.0 Å². The molecule has 0 bridgehead atoms. The number of nitrogens with zero attached hydrogens (tertiary/aromatic N) is 2. The van der Waals surface area contributed by atoms with Crippen LogP contribution in [0.1, 0.15) is 25.2 Å². The van der Waals surface area contributed by atoms with Crippen LogP contribution in [0.4, 0.5) is 5.95 Å². The number of fused-ring (bicyclic) bond motifs is 1. The van der Waals surface area contributed by atoms with Gasteiger partial charge in [-0.15, -0.1) is 0 Å². The molecule has 3 aromatic rings. The molecule has 0 amide bonds. The first-order chi connectivity index (χ1) is 9.70. The molecule has 0 fully saturated rings. The first-order valence-electron chi connectivity index (χ1n) is 6.76. The summed E-state index contributed by atoms with van der Waals surface area (Å²) in [5.41, 5.74) is 1.86. The summed E-state index contributed by atoms with van der Waals surface area (Å²) in [6.45, 7) is 4.10. The van der Waals surface area contributed by atoms with Gasteiger partial charge in [0.2, 0.25) is 11.7 Å². The van der Waals surface area contributed by atoms with Crippen molar-refractivity contribution in [1.82, 2.24) is 9.97 Å². The number of hydrogen-bond donors (Lipinski definition) is 1. The third-order valence-corrected chi connectivity index (χ3v) is 2.96. The van der Waals surface area contributed by atoms with Crippen molar-refractivity contribution in [2.45, 2.75) is 26.3 Å². The summed E-state index contributed by atoms with van der Waals surface area (Å²) >= 11 is 0. The van der Waals surface area contributed by atoms with Gasteiger partial charge < -0.3 is 9.73 Å². The summed E-state index contributed by atoms with van der Waals surface area (Å²) in [6, 6.07) is 12.5. The first-order valence-corrected chi connectivity index (χ1v) is 6.76. The quantitative estimate of drug-likeness (QED) is 0.784. The Balaban J connectivity index is 1.87. The smallest absolute Gasteiger partial charge is 0.231 e. The van der Waals surface area contributed by atoms with Gasteiger partial charge in [-0.3, -0.25) is 0 Å². The highest BCUT2D eigenvalue weighted by atomic mass is 16.3. The summed E-state index contributed by atoms with van der Waals surface area (Å²) in [6.07, 6.45) is 2.56. The predicted octanol–water partition coefficient (Wildman–Crippen LogP) is 3.63. The number of nitrogens with one attached hydrogen (secondary N) is 1. The molecule has 0 aliphatic rings. The van der Waals surface area contributed by atoms with E-state index >= 15 is 0 Å². The third kappa shape index (κ3) is 2.79. The molecule has 1 N–H and O–H groups in total. The second-order valence-electron chi connectivity index (χ2n) is 5.13. The van der Waals surface area contributed by atoms with E-state index in [0.29, 0.717) is 17.7 Å². The maximum Gasteiger partial charge on any atom is 0.231 e. The SMILES string of the molecule is CC(C)Nc1ncc2cc(Cc3ccccc3)oc2n1. The summed E-state index contributed by atoms with van der Waals surface area (Å²) < 4.78 is 5.80. The number of hydrogen-bond acceptors (Lipinski definition) is 4. The van der Waals surface area contributed by atoms with E-state index in [1.54, 1.807) is 6.20 Å². The standard InChI is InChI=1S/C16H17N3O/c1-11(2)18-16-17-10-13-9-14(20-15(13)19-16)8-12-6-4-3-5-7-12/h3-7,9-11H,8H2,1-2H3,(H,17,18,19). The Morgan fingerprint density at radius 1 is 1.20 bits per heavy atom. The molecule has 4 heteroatoms. The molecule has 0 unspecified atom stereocenters. The summed E-state index contributed by atoms with van der Waals surface area (Å²) in [7, 11) is 0. The van der Waals surface area contributed by atoms with Crippen molar-refractivity contribution in [2.75, 3.05) is 5.32 Å². The molecule has 0 atom stereocenters. The average molecular weight is 267 g/mol. The average Bonchev–Trinajstić information content (AvgIpc) is 2.80. The summed E-state index contributed by atoms with van der Waals surface area (Å²) in [5.74, 6) is 1.51. The highest BCUT2D eigenvalue weighted by Gasteiger charge is 2.08. The van der Waals surface area contributed by atoms with Crippen LogP contribution in [0.2, 0.25) is 0 Å². The molecule has 2 heterocycles. The molecule has 0 aliphatic carbocycles. The molecular formula is C16H17N3O. The van der Waals surface area contributed by atoms with Crippen LogP contribution in [0, 0.1) is 0 Å². The van der Waals surface area contributed by atoms with Gasteiger partial charge in [-0.1, -0.05) is 30.3 Å². The van der Waals surface area contributed by atoms with Gasteiger partial charge in [-0.05, 0) is 25.5 Å². The van der Waals surface area contributed by atoms with Gasteiger partial charge in [0.25, 0.3) is 0 Å². The lowest BCUT2D eigenvalue weighted by Crippen LogP contribution is -2.12. The molecule has 2 aromatic heterocycles. The van der Waals surface area contributed by atoms with E-state index in [9.17, 15) is 0 Å². The molecule has 0 saturated carbocycles. The lowest BCUT2D eigenvalue weighted by molar-refractivity contribution is 0.552. The predicted molar refractivity (Wildman–Crippen MR) is 79.8 cm³/mol. The fourth-order valence-electron chi connectivity index (χ4n) is 2.10. The minimum absolute atomic E-state index is 0.297. The van der Waals surface area contributed by atoms with Gasteiger partial charge in [-0.2, -0.15) is 4.98 Å². The Morgan fingerprint density at radius 3 is 2.75 bits per heavy atom. The lowest BCUT2D eigenvalue weighted by Gasteiger charge is -2.06. The summed E-state index contributed by atoms with van der Waals surface area (Å²) in [4.78, 5) is 8.67. The normalized spacial score (nSPS) is 11.2. The van der Waals surface area contributed by atoms with Gasteiger partial charge in [0, 0.05) is 18.7 Å². The molecule has 102 valence electrons. The fourth-order valence-corrected chi connectivity index (χ4v) is 2.10. The van der Waals surface area contributed by atoms with E-state index in [1.165, 1.54) is 5.56 Å². The highest BCUT2D eigenvalue weighted by Crippen LogP contribution is 2.20. The van der Waals surface area contributed by atoms with Crippen LogP contribution in [0.25, 0.3) is 11.1 Å². The number of anilines is 1. The second kappa shape index (κ2) is 5.33. The number of furan rings is 1. The van der Waals surface area contributed by atoms with Gasteiger partial charge in [-0.25, -0.2) is 4.98 Å². The molecule has 0 aliphatic heterocycles. The zero-order chi connectivity index (χ0) is 13.9. The number of rotatable bonds is 4. The van der Waals surface area contributed by atoms with Crippen LogP contribution in [0.3, 0.4) is 0 Å². The van der Waals surface area contributed by atoms with Gasteiger partial charge >= 0.3 is 0 Å². The molecule has 20 heavy (non-hydrogen) atoms.